The zero-order valence-electron chi connectivity index (χ0n) is 11.0. The fourth-order valence-corrected chi connectivity index (χ4v) is 1.55. The van der Waals surface area contributed by atoms with Gasteiger partial charge in [-0.3, -0.25) is 4.79 Å². The van der Waals surface area contributed by atoms with Gasteiger partial charge in [-0.25, -0.2) is 0 Å². The van der Waals surface area contributed by atoms with Crippen LogP contribution in [0.5, 0.6) is 0 Å². The van der Waals surface area contributed by atoms with Crippen LogP contribution in [-0.2, 0) is 4.79 Å². The van der Waals surface area contributed by atoms with Crippen molar-refractivity contribution in [3.05, 3.63) is 53.1 Å². The minimum atomic E-state index is 0.0420. The number of rotatable bonds is 4. The van der Waals surface area contributed by atoms with Crippen LogP contribution >= 0.6 is 0 Å². The molecular formula is C16H20O. The van der Waals surface area contributed by atoms with Gasteiger partial charge in [-0.15, -0.1) is 0 Å². The van der Waals surface area contributed by atoms with Gasteiger partial charge in [0.1, 0.15) is 0 Å². The lowest BCUT2D eigenvalue weighted by Crippen LogP contribution is -2.09. The Kier molecular flexibility index (Phi) is 4.89. The molecule has 1 nitrogen and oxygen atoms in total. The highest BCUT2D eigenvalue weighted by molar-refractivity contribution is 6.00. The molecule has 0 amide bonds. The summed E-state index contributed by atoms with van der Waals surface area (Å²) in [5, 5.41) is 0. The van der Waals surface area contributed by atoms with Gasteiger partial charge in [0.15, 0.2) is 5.78 Å². The van der Waals surface area contributed by atoms with E-state index < -0.39 is 0 Å². The predicted molar refractivity (Wildman–Crippen MR) is 73.7 cm³/mol. The number of Topliss-reactive ketones (excluding diaryl/α,β-unsaturated/α-hetero) is 1. The number of allylic oxidation sites excluding steroid dienone is 3. The highest BCUT2D eigenvalue weighted by Gasteiger charge is 2.12. The largest absolute Gasteiger partial charge is 0.294 e. The second-order valence-corrected chi connectivity index (χ2v) is 4.68. The fourth-order valence-electron chi connectivity index (χ4n) is 1.55. The average Bonchev–Trinajstić information content (AvgIpc) is 2.29. The predicted octanol–water partition coefficient (Wildman–Crippen LogP) is 4.26. The van der Waals surface area contributed by atoms with Crippen molar-refractivity contribution in [2.45, 2.75) is 27.7 Å². The van der Waals surface area contributed by atoms with Gasteiger partial charge in [0.2, 0.25) is 0 Å². The number of hydrogen-bond donors (Lipinski definition) is 0. The van der Waals surface area contributed by atoms with E-state index in [0.717, 1.165) is 16.7 Å². The van der Waals surface area contributed by atoms with Gasteiger partial charge in [-0.1, -0.05) is 61.9 Å². The van der Waals surface area contributed by atoms with Gasteiger partial charge < -0.3 is 0 Å². The van der Waals surface area contributed by atoms with Crippen LogP contribution in [0.4, 0.5) is 0 Å². The Morgan fingerprint density at radius 3 is 2.18 bits per heavy atom. The SMILES string of the molecule is CC(C)=C(/C=C/c1ccccc1)C(=O)C(C)C. The monoisotopic (exact) mass is 228 g/mol. The number of benzene rings is 1. The van der Waals surface area contributed by atoms with Gasteiger partial charge in [0, 0.05) is 11.5 Å². The van der Waals surface area contributed by atoms with Crippen molar-refractivity contribution in [2.75, 3.05) is 0 Å². The lowest BCUT2D eigenvalue weighted by Gasteiger charge is -2.07. The Morgan fingerprint density at radius 1 is 1.12 bits per heavy atom. The minimum absolute atomic E-state index is 0.0420. The molecule has 0 atom stereocenters. The maximum atomic E-state index is 12.0. The summed E-state index contributed by atoms with van der Waals surface area (Å²) >= 11 is 0. The fraction of sp³-hybridized carbons (Fsp3) is 0.312. The van der Waals surface area contributed by atoms with Gasteiger partial charge in [0.05, 0.1) is 0 Å². The Labute approximate surface area is 104 Å². The first-order valence-corrected chi connectivity index (χ1v) is 5.97. The molecular weight excluding hydrogens is 208 g/mol. The standard InChI is InChI=1S/C16H20O/c1-12(2)15(16(17)13(3)4)11-10-14-8-6-5-7-9-14/h5-11,13H,1-4H3/b11-10+. The Hall–Kier alpha value is -1.63. The van der Waals surface area contributed by atoms with Crippen molar-refractivity contribution in [3.63, 3.8) is 0 Å². The van der Waals surface area contributed by atoms with Crippen LogP contribution in [0.2, 0.25) is 0 Å². The van der Waals surface area contributed by atoms with E-state index in [2.05, 4.69) is 0 Å². The van der Waals surface area contributed by atoms with Crippen molar-refractivity contribution >= 4 is 11.9 Å². The molecule has 0 aliphatic rings. The van der Waals surface area contributed by atoms with Gasteiger partial charge in [-0.2, -0.15) is 0 Å². The number of hydrogen-bond acceptors (Lipinski definition) is 1. The molecule has 0 heterocycles. The van der Waals surface area contributed by atoms with Gasteiger partial charge in [0.25, 0.3) is 0 Å². The molecule has 0 N–H and O–H groups in total. The Morgan fingerprint density at radius 2 is 1.71 bits per heavy atom. The summed E-state index contributed by atoms with van der Waals surface area (Å²) in [5.74, 6) is 0.248. The molecule has 0 aromatic heterocycles. The molecule has 1 aromatic carbocycles. The first kappa shape index (κ1) is 13.4. The first-order valence-electron chi connectivity index (χ1n) is 5.97. The molecule has 0 spiro atoms. The van der Waals surface area contributed by atoms with E-state index in [1.54, 1.807) is 0 Å². The third-order valence-electron chi connectivity index (χ3n) is 2.57. The molecule has 0 bridgehead atoms. The highest BCUT2D eigenvalue weighted by Crippen LogP contribution is 2.14. The maximum Gasteiger partial charge on any atom is 0.165 e. The average molecular weight is 228 g/mol. The minimum Gasteiger partial charge on any atom is -0.294 e. The Bertz CT molecular complexity index is 432. The third kappa shape index (κ3) is 4.03. The van der Waals surface area contributed by atoms with Crippen molar-refractivity contribution in [1.82, 2.24) is 0 Å². The third-order valence-corrected chi connectivity index (χ3v) is 2.57. The zero-order chi connectivity index (χ0) is 12.8. The van der Waals surface area contributed by atoms with Crippen molar-refractivity contribution in [2.24, 2.45) is 5.92 Å². The molecule has 1 aromatic rings. The summed E-state index contributed by atoms with van der Waals surface area (Å²) in [4.78, 5) is 12.0. The summed E-state index contributed by atoms with van der Waals surface area (Å²) in [6.45, 7) is 7.82. The molecule has 0 radical (unpaired) electrons. The Balaban J connectivity index is 2.94. The quantitative estimate of drug-likeness (QED) is 0.556. The molecule has 1 heteroatoms. The molecule has 0 saturated carbocycles. The number of ketones is 1. The zero-order valence-corrected chi connectivity index (χ0v) is 11.0. The van der Waals surface area contributed by atoms with Crippen molar-refractivity contribution in [3.8, 4) is 0 Å². The second-order valence-electron chi connectivity index (χ2n) is 4.68. The molecule has 0 unspecified atom stereocenters. The highest BCUT2D eigenvalue weighted by atomic mass is 16.1. The van der Waals surface area contributed by atoms with Gasteiger partial charge in [-0.05, 0) is 19.4 Å². The molecule has 17 heavy (non-hydrogen) atoms. The number of carbonyl (C=O) groups excluding carboxylic acids is 1. The maximum absolute atomic E-state index is 12.0. The molecule has 0 saturated heterocycles. The van der Waals surface area contributed by atoms with Crippen molar-refractivity contribution < 1.29 is 4.79 Å². The van der Waals surface area contributed by atoms with Crippen LogP contribution in [0.25, 0.3) is 6.08 Å². The summed E-state index contributed by atoms with van der Waals surface area (Å²) in [6.07, 6.45) is 3.91. The van der Waals surface area contributed by atoms with Crippen LogP contribution < -0.4 is 0 Å². The normalized spacial score (nSPS) is 10.9. The summed E-state index contributed by atoms with van der Waals surface area (Å²) in [5.41, 5.74) is 3.00. The second kappa shape index (κ2) is 6.19. The van der Waals surface area contributed by atoms with Crippen LogP contribution in [0.1, 0.15) is 33.3 Å². The lowest BCUT2D eigenvalue weighted by atomic mass is 9.96. The van der Waals surface area contributed by atoms with E-state index in [1.165, 1.54) is 0 Å². The summed E-state index contributed by atoms with van der Waals surface area (Å²) in [7, 11) is 0. The van der Waals surface area contributed by atoms with Crippen LogP contribution in [-0.4, -0.2) is 5.78 Å². The van der Waals surface area contributed by atoms with E-state index in [-0.39, 0.29) is 11.7 Å². The van der Waals surface area contributed by atoms with E-state index in [9.17, 15) is 4.79 Å². The van der Waals surface area contributed by atoms with Crippen LogP contribution in [0.15, 0.2) is 47.6 Å². The first-order chi connectivity index (χ1) is 8.02. The van der Waals surface area contributed by atoms with Crippen molar-refractivity contribution in [1.29, 1.82) is 0 Å². The lowest BCUT2D eigenvalue weighted by molar-refractivity contribution is -0.118. The topological polar surface area (TPSA) is 17.1 Å². The molecule has 0 aliphatic carbocycles. The summed E-state index contributed by atoms with van der Waals surface area (Å²) < 4.78 is 0. The van der Waals surface area contributed by atoms with E-state index in [1.807, 2.05) is 70.2 Å². The smallest absolute Gasteiger partial charge is 0.165 e. The number of carbonyl (C=O) groups is 1. The molecule has 0 aliphatic heterocycles. The molecule has 1 rings (SSSR count). The van der Waals surface area contributed by atoms with Crippen LogP contribution in [0.3, 0.4) is 0 Å². The molecule has 90 valence electrons. The van der Waals surface area contributed by atoms with Crippen LogP contribution in [0, 0.1) is 5.92 Å². The van der Waals surface area contributed by atoms with E-state index >= 15 is 0 Å². The molecule has 0 fully saturated rings. The van der Waals surface area contributed by atoms with E-state index in [0.29, 0.717) is 0 Å². The van der Waals surface area contributed by atoms with E-state index in [4.69, 9.17) is 0 Å². The van der Waals surface area contributed by atoms with Gasteiger partial charge >= 0.3 is 0 Å². The summed E-state index contributed by atoms with van der Waals surface area (Å²) in [6, 6.07) is 10.0.